The summed E-state index contributed by atoms with van der Waals surface area (Å²) in [4.78, 5) is 13.4. The molecule has 2 aliphatic rings. The minimum absolute atomic E-state index is 0.254. The predicted molar refractivity (Wildman–Crippen MR) is 66.5 cm³/mol. The summed E-state index contributed by atoms with van der Waals surface area (Å²) in [5.41, 5.74) is 0. The van der Waals surface area contributed by atoms with E-state index in [1.54, 1.807) is 0 Å². The van der Waals surface area contributed by atoms with Crippen molar-refractivity contribution in [1.29, 1.82) is 0 Å². The van der Waals surface area contributed by atoms with Crippen molar-refractivity contribution in [2.45, 2.75) is 19.3 Å². The first-order chi connectivity index (χ1) is 8.75. The Kier molecular flexibility index (Phi) is 5.41. The van der Waals surface area contributed by atoms with E-state index in [0.29, 0.717) is 5.92 Å². The van der Waals surface area contributed by atoms with Gasteiger partial charge in [-0.25, -0.2) is 0 Å². The molecule has 2 aliphatic heterocycles. The van der Waals surface area contributed by atoms with E-state index in [1.807, 2.05) is 0 Å². The average Bonchev–Trinajstić information content (AvgIpc) is 2.40. The second-order valence-corrected chi connectivity index (χ2v) is 5.22. The van der Waals surface area contributed by atoms with Crippen LogP contribution in [0.15, 0.2) is 0 Å². The van der Waals surface area contributed by atoms with Gasteiger partial charge in [-0.2, -0.15) is 0 Å². The summed E-state index contributed by atoms with van der Waals surface area (Å²) in [7, 11) is 0. The molecule has 0 aromatic heterocycles. The zero-order chi connectivity index (χ0) is 12.8. The van der Waals surface area contributed by atoms with Gasteiger partial charge in [0.05, 0.1) is 13.2 Å². The Morgan fingerprint density at radius 1 is 1.17 bits per heavy atom. The van der Waals surface area contributed by atoms with Gasteiger partial charge in [-0.1, -0.05) is 0 Å². The molecule has 0 bridgehead atoms. The molecule has 1 unspecified atom stereocenters. The normalized spacial score (nSPS) is 24.9. The largest absolute Gasteiger partial charge is 0.481 e. The van der Waals surface area contributed by atoms with Gasteiger partial charge >= 0.3 is 5.97 Å². The zero-order valence-corrected chi connectivity index (χ0v) is 10.8. The fraction of sp³-hybridized carbons (Fsp3) is 0.923. The second kappa shape index (κ2) is 7.07. The molecule has 0 spiro atoms. The molecule has 2 heterocycles. The third-order valence-corrected chi connectivity index (χ3v) is 3.97. The summed E-state index contributed by atoms with van der Waals surface area (Å²) >= 11 is 0. The molecule has 18 heavy (non-hydrogen) atoms. The molecule has 0 saturated carbocycles. The molecular weight excluding hydrogens is 234 g/mol. The molecular formula is C13H23NO4. The zero-order valence-electron chi connectivity index (χ0n) is 10.8. The molecule has 2 fully saturated rings. The number of carboxylic acid groups (broad SMARTS) is 1. The Morgan fingerprint density at radius 2 is 1.78 bits per heavy atom. The summed E-state index contributed by atoms with van der Waals surface area (Å²) in [5.74, 6) is 0.0712. The average molecular weight is 257 g/mol. The molecule has 0 amide bonds. The lowest BCUT2D eigenvalue weighted by atomic mass is 9.83. The highest BCUT2D eigenvalue weighted by Crippen LogP contribution is 2.27. The van der Waals surface area contributed by atoms with Crippen molar-refractivity contribution < 1.29 is 19.4 Å². The van der Waals surface area contributed by atoms with E-state index in [0.717, 1.165) is 58.9 Å². The summed E-state index contributed by atoms with van der Waals surface area (Å²) in [6.45, 7) is 5.86. The molecule has 0 aliphatic carbocycles. The maximum atomic E-state index is 11.0. The number of aliphatic carboxylic acids is 1. The number of hydrogen-bond acceptors (Lipinski definition) is 4. The lowest BCUT2D eigenvalue weighted by molar-refractivity contribution is -0.139. The maximum absolute atomic E-state index is 11.0. The van der Waals surface area contributed by atoms with Crippen LogP contribution in [-0.2, 0) is 14.3 Å². The number of morpholine rings is 1. The number of carboxylic acids is 1. The molecule has 5 nitrogen and oxygen atoms in total. The van der Waals surface area contributed by atoms with E-state index in [4.69, 9.17) is 14.6 Å². The van der Waals surface area contributed by atoms with Gasteiger partial charge in [0.1, 0.15) is 0 Å². The number of nitrogens with zero attached hydrogens (tertiary/aromatic N) is 1. The predicted octanol–water partition coefficient (Wildman–Crippen LogP) is 0.836. The highest BCUT2D eigenvalue weighted by molar-refractivity contribution is 5.67. The van der Waals surface area contributed by atoms with Crippen molar-refractivity contribution in [3.05, 3.63) is 0 Å². The number of ether oxygens (including phenoxy) is 2. The van der Waals surface area contributed by atoms with Gasteiger partial charge in [0, 0.05) is 39.3 Å². The smallest absolute Gasteiger partial charge is 0.303 e. The van der Waals surface area contributed by atoms with E-state index in [-0.39, 0.29) is 12.3 Å². The number of carbonyl (C=O) groups is 1. The summed E-state index contributed by atoms with van der Waals surface area (Å²) < 4.78 is 10.7. The van der Waals surface area contributed by atoms with Crippen molar-refractivity contribution in [2.24, 2.45) is 11.8 Å². The van der Waals surface area contributed by atoms with Crippen LogP contribution in [0.3, 0.4) is 0 Å². The first kappa shape index (κ1) is 13.8. The fourth-order valence-electron chi connectivity index (χ4n) is 2.91. The molecule has 104 valence electrons. The van der Waals surface area contributed by atoms with E-state index in [2.05, 4.69) is 4.90 Å². The molecule has 2 rings (SSSR count). The summed E-state index contributed by atoms with van der Waals surface area (Å²) in [5, 5.41) is 9.07. The first-order valence-corrected chi connectivity index (χ1v) is 6.85. The minimum Gasteiger partial charge on any atom is -0.481 e. The monoisotopic (exact) mass is 257 g/mol. The fourth-order valence-corrected chi connectivity index (χ4v) is 2.91. The minimum atomic E-state index is -0.681. The van der Waals surface area contributed by atoms with Gasteiger partial charge < -0.3 is 14.6 Å². The van der Waals surface area contributed by atoms with Crippen molar-refractivity contribution >= 4 is 5.97 Å². The van der Waals surface area contributed by atoms with Crippen LogP contribution in [0.1, 0.15) is 19.3 Å². The summed E-state index contributed by atoms with van der Waals surface area (Å²) in [6.07, 6.45) is 2.28. The van der Waals surface area contributed by atoms with Gasteiger partial charge in [0.2, 0.25) is 0 Å². The second-order valence-electron chi connectivity index (χ2n) is 5.22. The van der Waals surface area contributed by atoms with Crippen LogP contribution in [0.25, 0.3) is 0 Å². The Labute approximate surface area is 108 Å². The quantitative estimate of drug-likeness (QED) is 0.790. The van der Waals surface area contributed by atoms with Crippen molar-refractivity contribution in [1.82, 2.24) is 4.90 Å². The first-order valence-electron chi connectivity index (χ1n) is 6.85. The van der Waals surface area contributed by atoms with Gasteiger partial charge in [0.25, 0.3) is 0 Å². The lowest BCUT2D eigenvalue weighted by Gasteiger charge is -2.35. The van der Waals surface area contributed by atoms with Crippen LogP contribution in [0.5, 0.6) is 0 Å². The molecule has 0 aromatic carbocycles. The highest BCUT2D eigenvalue weighted by atomic mass is 16.5. The Balaban J connectivity index is 1.88. The summed E-state index contributed by atoms with van der Waals surface area (Å²) in [6, 6.07) is 0. The van der Waals surface area contributed by atoms with Crippen LogP contribution in [-0.4, -0.2) is 62.0 Å². The molecule has 5 heteroatoms. The van der Waals surface area contributed by atoms with Crippen LogP contribution in [0.4, 0.5) is 0 Å². The number of rotatable bonds is 5. The van der Waals surface area contributed by atoms with Crippen LogP contribution >= 0.6 is 0 Å². The Bertz CT molecular complexity index is 260. The topological polar surface area (TPSA) is 59.0 Å². The van der Waals surface area contributed by atoms with Crippen molar-refractivity contribution in [2.75, 3.05) is 46.1 Å². The van der Waals surface area contributed by atoms with E-state index in [9.17, 15) is 4.79 Å². The van der Waals surface area contributed by atoms with E-state index >= 15 is 0 Å². The number of hydrogen-bond donors (Lipinski definition) is 1. The third-order valence-electron chi connectivity index (χ3n) is 3.97. The van der Waals surface area contributed by atoms with Crippen molar-refractivity contribution in [3.63, 3.8) is 0 Å². The molecule has 2 saturated heterocycles. The van der Waals surface area contributed by atoms with Gasteiger partial charge in [-0.15, -0.1) is 0 Å². The van der Waals surface area contributed by atoms with Crippen LogP contribution in [0, 0.1) is 11.8 Å². The Hall–Kier alpha value is -0.650. The third kappa shape index (κ3) is 4.23. The molecule has 1 N–H and O–H groups in total. The van der Waals surface area contributed by atoms with Crippen molar-refractivity contribution in [3.8, 4) is 0 Å². The van der Waals surface area contributed by atoms with Gasteiger partial charge in [0.15, 0.2) is 0 Å². The molecule has 0 radical (unpaired) electrons. The van der Waals surface area contributed by atoms with Crippen LogP contribution in [0.2, 0.25) is 0 Å². The maximum Gasteiger partial charge on any atom is 0.303 e. The van der Waals surface area contributed by atoms with E-state index in [1.165, 1.54) is 0 Å². The standard InChI is InChI=1S/C13H23NO4/c15-13(16)9-12(11-1-5-17-6-2-11)10-14-3-7-18-8-4-14/h11-12H,1-10H2,(H,15,16). The lowest BCUT2D eigenvalue weighted by Crippen LogP contribution is -2.42. The van der Waals surface area contributed by atoms with Gasteiger partial charge in [-0.3, -0.25) is 9.69 Å². The Morgan fingerprint density at radius 3 is 2.39 bits per heavy atom. The van der Waals surface area contributed by atoms with E-state index < -0.39 is 5.97 Å². The molecule has 1 atom stereocenters. The van der Waals surface area contributed by atoms with Crippen LogP contribution < -0.4 is 0 Å². The van der Waals surface area contributed by atoms with Gasteiger partial charge in [-0.05, 0) is 24.7 Å². The highest BCUT2D eigenvalue weighted by Gasteiger charge is 2.28. The molecule has 0 aromatic rings. The SMILES string of the molecule is O=C(O)CC(CN1CCOCC1)C1CCOCC1.